The molecule has 0 bridgehead atoms. The molecule has 0 amide bonds. The number of hydrogen-bond donors (Lipinski definition) is 2. The highest BCUT2D eigenvalue weighted by Gasteiger charge is 1.99. The predicted molar refractivity (Wildman–Crippen MR) is 85.7 cm³/mol. The molecule has 0 atom stereocenters. The van der Waals surface area contributed by atoms with E-state index in [1.54, 1.807) is 13.3 Å². The van der Waals surface area contributed by atoms with Crippen LogP contribution in [0.15, 0.2) is 42.6 Å². The second-order valence-corrected chi connectivity index (χ2v) is 4.70. The molecule has 0 fully saturated rings. The van der Waals surface area contributed by atoms with Gasteiger partial charge in [-0.1, -0.05) is 30.3 Å². The molecule has 5 heteroatoms. The lowest BCUT2D eigenvalue weighted by molar-refractivity contribution is 0.198. The molecule has 0 saturated heterocycles. The number of rotatable bonds is 9. The van der Waals surface area contributed by atoms with Crippen LogP contribution in [-0.4, -0.2) is 36.8 Å². The standard InChI is InChI=1S/C16H22N4O/c1-21-13-5-10-17-15-9-12-19-16(20-15)18-11-8-14-6-3-2-4-7-14/h2-4,6-7,9,12H,5,8,10-11,13H2,1H3,(H2,17,18,19,20). The van der Waals surface area contributed by atoms with E-state index in [1.807, 2.05) is 12.1 Å². The van der Waals surface area contributed by atoms with E-state index >= 15 is 0 Å². The predicted octanol–water partition coefficient (Wildman–Crippen LogP) is 2.58. The summed E-state index contributed by atoms with van der Waals surface area (Å²) < 4.78 is 5.01. The molecule has 2 N–H and O–H groups in total. The van der Waals surface area contributed by atoms with Crippen molar-refractivity contribution in [1.82, 2.24) is 9.97 Å². The molecule has 0 aliphatic rings. The lowest BCUT2D eigenvalue weighted by Crippen LogP contribution is -2.10. The first-order valence-corrected chi connectivity index (χ1v) is 7.22. The molecule has 1 aromatic carbocycles. The van der Waals surface area contributed by atoms with Crippen LogP contribution in [0.1, 0.15) is 12.0 Å². The highest BCUT2D eigenvalue weighted by atomic mass is 16.5. The summed E-state index contributed by atoms with van der Waals surface area (Å²) in [6, 6.07) is 12.2. The fourth-order valence-electron chi connectivity index (χ4n) is 1.94. The van der Waals surface area contributed by atoms with Crippen molar-refractivity contribution >= 4 is 11.8 Å². The summed E-state index contributed by atoms with van der Waals surface area (Å²) in [5.41, 5.74) is 1.30. The van der Waals surface area contributed by atoms with Crippen molar-refractivity contribution in [3.05, 3.63) is 48.2 Å². The number of hydrogen-bond acceptors (Lipinski definition) is 5. The summed E-state index contributed by atoms with van der Waals surface area (Å²) in [6.45, 7) is 2.41. The van der Waals surface area contributed by atoms with Crippen LogP contribution in [0.25, 0.3) is 0 Å². The lowest BCUT2D eigenvalue weighted by Gasteiger charge is -2.08. The summed E-state index contributed by atoms with van der Waals surface area (Å²) in [7, 11) is 1.71. The number of nitrogens with one attached hydrogen (secondary N) is 2. The maximum atomic E-state index is 5.01. The first kappa shape index (κ1) is 15.3. The first-order chi connectivity index (χ1) is 10.4. The Morgan fingerprint density at radius 1 is 1.05 bits per heavy atom. The molecular formula is C16H22N4O. The Labute approximate surface area is 125 Å². The molecule has 1 heterocycles. The molecular weight excluding hydrogens is 264 g/mol. The fraction of sp³-hybridized carbons (Fsp3) is 0.375. The van der Waals surface area contributed by atoms with Crippen LogP contribution in [0.2, 0.25) is 0 Å². The van der Waals surface area contributed by atoms with Crippen LogP contribution in [0.5, 0.6) is 0 Å². The molecule has 112 valence electrons. The van der Waals surface area contributed by atoms with E-state index in [0.717, 1.165) is 38.4 Å². The van der Waals surface area contributed by atoms with E-state index < -0.39 is 0 Å². The maximum Gasteiger partial charge on any atom is 0.224 e. The van der Waals surface area contributed by atoms with E-state index in [1.165, 1.54) is 5.56 Å². The van der Waals surface area contributed by atoms with E-state index in [9.17, 15) is 0 Å². The van der Waals surface area contributed by atoms with Crippen LogP contribution in [-0.2, 0) is 11.2 Å². The van der Waals surface area contributed by atoms with Crippen molar-refractivity contribution in [2.75, 3.05) is 37.4 Å². The van der Waals surface area contributed by atoms with Gasteiger partial charge in [0.05, 0.1) is 0 Å². The Morgan fingerprint density at radius 2 is 1.90 bits per heavy atom. The molecule has 2 rings (SSSR count). The molecule has 0 aliphatic heterocycles. The van der Waals surface area contributed by atoms with Gasteiger partial charge in [-0.2, -0.15) is 4.98 Å². The van der Waals surface area contributed by atoms with Crippen LogP contribution in [0.3, 0.4) is 0 Å². The second kappa shape index (κ2) is 8.92. The number of aromatic nitrogens is 2. The van der Waals surface area contributed by atoms with Crippen LogP contribution >= 0.6 is 0 Å². The first-order valence-electron chi connectivity index (χ1n) is 7.22. The molecule has 0 spiro atoms. The Morgan fingerprint density at radius 3 is 2.71 bits per heavy atom. The number of nitrogens with zero attached hydrogens (tertiary/aromatic N) is 2. The fourth-order valence-corrected chi connectivity index (χ4v) is 1.94. The Bertz CT molecular complexity index is 519. The third kappa shape index (κ3) is 5.79. The van der Waals surface area contributed by atoms with Crippen molar-refractivity contribution in [2.45, 2.75) is 12.8 Å². The summed E-state index contributed by atoms with van der Waals surface area (Å²) in [5, 5.41) is 6.51. The highest BCUT2D eigenvalue weighted by molar-refractivity contribution is 5.39. The Hall–Kier alpha value is -2.14. The summed E-state index contributed by atoms with van der Waals surface area (Å²) in [5.74, 6) is 1.49. The maximum absolute atomic E-state index is 5.01. The van der Waals surface area contributed by atoms with Crippen LogP contribution in [0.4, 0.5) is 11.8 Å². The molecule has 5 nitrogen and oxygen atoms in total. The van der Waals surface area contributed by atoms with Gasteiger partial charge in [-0.05, 0) is 24.5 Å². The number of ether oxygens (including phenoxy) is 1. The van der Waals surface area contributed by atoms with Crippen molar-refractivity contribution in [1.29, 1.82) is 0 Å². The van der Waals surface area contributed by atoms with Gasteiger partial charge in [0, 0.05) is 33.0 Å². The largest absolute Gasteiger partial charge is 0.385 e. The SMILES string of the molecule is COCCCNc1ccnc(NCCc2ccccc2)n1. The number of anilines is 2. The molecule has 21 heavy (non-hydrogen) atoms. The van der Waals surface area contributed by atoms with Gasteiger partial charge in [0.15, 0.2) is 0 Å². The smallest absolute Gasteiger partial charge is 0.224 e. The third-order valence-corrected chi connectivity index (χ3v) is 3.03. The Balaban J connectivity index is 1.75. The van der Waals surface area contributed by atoms with Gasteiger partial charge < -0.3 is 15.4 Å². The van der Waals surface area contributed by atoms with Crippen molar-refractivity contribution in [3.8, 4) is 0 Å². The molecule has 0 aliphatic carbocycles. The van der Waals surface area contributed by atoms with E-state index in [-0.39, 0.29) is 0 Å². The van der Waals surface area contributed by atoms with Gasteiger partial charge in [0.2, 0.25) is 5.95 Å². The van der Waals surface area contributed by atoms with Gasteiger partial charge in [-0.25, -0.2) is 4.98 Å². The van der Waals surface area contributed by atoms with Crippen molar-refractivity contribution < 1.29 is 4.74 Å². The Kier molecular flexibility index (Phi) is 6.48. The highest BCUT2D eigenvalue weighted by Crippen LogP contribution is 2.06. The van der Waals surface area contributed by atoms with E-state index in [4.69, 9.17) is 4.74 Å². The minimum atomic E-state index is 0.655. The molecule has 0 radical (unpaired) electrons. The second-order valence-electron chi connectivity index (χ2n) is 4.70. The average molecular weight is 286 g/mol. The zero-order chi connectivity index (χ0) is 14.8. The third-order valence-electron chi connectivity index (χ3n) is 3.03. The van der Waals surface area contributed by atoms with E-state index in [2.05, 4.69) is 44.9 Å². The zero-order valence-electron chi connectivity index (χ0n) is 12.4. The molecule has 0 saturated carbocycles. The van der Waals surface area contributed by atoms with Gasteiger partial charge in [-0.15, -0.1) is 0 Å². The molecule has 2 aromatic rings. The molecule has 1 aromatic heterocycles. The number of methoxy groups -OCH3 is 1. The van der Waals surface area contributed by atoms with Gasteiger partial charge >= 0.3 is 0 Å². The van der Waals surface area contributed by atoms with Crippen LogP contribution in [0, 0.1) is 0 Å². The normalized spacial score (nSPS) is 10.3. The minimum Gasteiger partial charge on any atom is -0.385 e. The summed E-state index contributed by atoms with van der Waals surface area (Å²) in [6.07, 6.45) is 3.67. The monoisotopic (exact) mass is 286 g/mol. The van der Waals surface area contributed by atoms with Crippen LogP contribution < -0.4 is 10.6 Å². The van der Waals surface area contributed by atoms with Crippen molar-refractivity contribution in [2.24, 2.45) is 0 Å². The van der Waals surface area contributed by atoms with Crippen molar-refractivity contribution in [3.63, 3.8) is 0 Å². The zero-order valence-corrected chi connectivity index (χ0v) is 12.4. The quantitative estimate of drug-likeness (QED) is 0.694. The van der Waals surface area contributed by atoms with Gasteiger partial charge in [0.1, 0.15) is 5.82 Å². The van der Waals surface area contributed by atoms with E-state index in [0.29, 0.717) is 5.95 Å². The van der Waals surface area contributed by atoms with Gasteiger partial charge in [0.25, 0.3) is 0 Å². The average Bonchev–Trinajstić information content (AvgIpc) is 2.53. The van der Waals surface area contributed by atoms with Gasteiger partial charge in [-0.3, -0.25) is 0 Å². The topological polar surface area (TPSA) is 59.1 Å². The minimum absolute atomic E-state index is 0.655. The number of benzene rings is 1. The molecule has 0 unspecified atom stereocenters. The summed E-state index contributed by atoms with van der Waals surface area (Å²) in [4.78, 5) is 8.66. The summed E-state index contributed by atoms with van der Waals surface area (Å²) >= 11 is 0. The lowest BCUT2D eigenvalue weighted by atomic mass is 10.1.